The molecule has 6 nitrogen and oxygen atoms in total. The molecule has 21 heavy (non-hydrogen) atoms. The molecule has 0 saturated heterocycles. The lowest BCUT2D eigenvalue weighted by atomic mass is 10.2. The normalized spacial score (nSPS) is 9.38. The van der Waals surface area contributed by atoms with E-state index in [0.717, 1.165) is 0 Å². The van der Waals surface area contributed by atoms with Crippen molar-refractivity contribution in [3.63, 3.8) is 0 Å². The Hall–Kier alpha value is -2.68. The average molecular weight is 291 g/mol. The maximum atomic E-state index is 11.8. The molecule has 112 valence electrons. The van der Waals surface area contributed by atoms with E-state index < -0.39 is 18.5 Å². The Balaban J connectivity index is 2.68. The van der Waals surface area contributed by atoms with Crippen LogP contribution in [0.15, 0.2) is 18.2 Å². The van der Waals surface area contributed by atoms with Crippen LogP contribution in [-0.2, 0) is 9.53 Å². The molecule has 0 fully saturated rings. The number of esters is 1. The number of amides is 1. The first-order chi connectivity index (χ1) is 10.1. The molecule has 0 aliphatic rings. The Kier molecular flexibility index (Phi) is 6.61. The van der Waals surface area contributed by atoms with Crippen molar-refractivity contribution in [3.05, 3.63) is 23.8 Å². The highest BCUT2D eigenvalue weighted by Crippen LogP contribution is 2.28. The van der Waals surface area contributed by atoms with E-state index in [4.69, 9.17) is 20.6 Å². The van der Waals surface area contributed by atoms with Gasteiger partial charge in [-0.15, -0.1) is 6.42 Å². The number of carbonyl (C=O) groups excluding carboxylic acids is 2. The highest BCUT2D eigenvalue weighted by Gasteiger charge is 2.13. The van der Waals surface area contributed by atoms with Gasteiger partial charge in [0, 0.05) is 0 Å². The molecule has 1 aromatic carbocycles. The molecule has 0 heterocycles. The summed E-state index contributed by atoms with van der Waals surface area (Å²) in [6, 6.07) is 4.63. The smallest absolute Gasteiger partial charge is 0.338 e. The summed E-state index contributed by atoms with van der Waals surface area (Å²) in [5.41, 5.74) is 0.268. The minimum Gasteiger partial charge on any atom is -0.493 e. The Morgan fingerprint density at radius 2 is 2.10 bits per heavy atom. The van der Waals surface area contributed by atoms with E-state index in [9.17, 15) is 9.59 Å². The summed E-state index contributed by atoms with van der Waals surface area (Å²) in [7, 11) is 1.51. The number of hydrogen-bond donors (Lipinski definition) is 1. The van der Waals surface area contributed by atoms with Crippen LogP contribution in [0.1, 0.15) is 17.3 Å². The summed E-state index contributed by atoms with van der Waals surface area (Å²) in [6.45, 7) is 1.95. The molecular formula is C15H17NO5. The molecule has 0 aromatic heterocycles. The van der Waals surface area contributed by atoms with Crippen LogP contribution in [0.4, 0.5) is 0 Å². The van der Waals surface area contributed by atoms with Crippen LogP contribution in [0.25, 0.3) is 0 Å². The molecule has 1 N–H and O–H groups in total. The minimum absolute atomic E-state index is 0.0907. The first-order valence-electron chi connectivity index (χ1n) is 6.30. The van der Waals surface area contributed by atoms with Crippen molar-refractivity contribution in [2.75, 3.05) is 26.9 Å². The summed E-state index contributed by atoms with van der Waals surface area (Å²) < 4.78 is 15.4. The molecule has 0 aliphatic carbocycles. The van der Waals surface area contributed by atoms with Gasteiger partial charge in [-0.3, -0.25) is 4.79 Å². The van der Waals surface area contributed by atoms with Gasteiger partial charge in [-0.05, 0) is 25.1 Å². The molecule has 0 unspecified atom stereocenters. The first kappa shape index (κ1) is 16.4. The SMILES string of the molecule is C#CCNC(=O)COC(=O)c1ccc(OC)c(OCC)c1. The van der Waals surface area contributed by atoms with Gasteiger partial charge < -0.3 is 19.5 Å². The molecule has 1 rings (SSSR count). The van der Waals surface area contributed by atoms with Crippen molar-refractivity contribution in [1.82, 2.24) is 5.32 Å². The summed E-state index contributed by atoms with van der Waals surface area (Å²) in [4.78, 5) is 23.1. The van der Waals surface area contributed by atoms with Gasteiger partial charge in [0.15, 0.2) is 18.1 Å². The van der Waals surface area contributed by atoms with Gasteiger partial charge in [0.2, 0.25) is 0 Å². The van der Waals surface area contributed by atoms with Gasteiger partial charge in [0.1, 0.15) is 0 Å². The van der Waals surface area contributed by atoms with Gasteiger partial charge in [0.25, 0.3) is 5.91 Å². The van der Waals surface area contributed by atoms with Crippen LogP contribution in [0, 0.1) is 12.3 Å². The van der Waals surface area contributed by atoms with Crippen LogP contribution in [0.3, 0.4) is 0 Å². The van der Waals surface area contributed by atoms with Gasteiger partial charge >= 0.3 is 5.97 Å². The van der Waals surface area contributed by atoms with E-state index in [2.05, 4.69) is 11.2 Å². The highest BCUT2D eigenvalue weighted by molar-refractivity contribution is 5.92. The van der Waals surface area contributed by atoms with Crippen LogP contribution in [-0.4, -0.2) is 38.7 Å². The van der Waals surface area contributed by atoms with E-state index in [1.54, 1.807) is 6.07 Å². The molecule has 1 aromatic rings. The summed E-state index contributed by atoms with van der Waals surface area (Å²) >= 11 is 0. The quantitative estimate of drug-likeness (QED) is 0.599. The van der Waals surface area contributed by atoms with Gasteiger partial charge in [-0.25, -0.2) is 4.79 Å². The van der Waals surface area contributed by atoms with Crippen molar-refractivity contribution in [2.45, 2.75) is 6.92 Å². The number of rotatable bonds is 7. The lowest BCUT2D eigenvalue weighted by molar-refractivity contribution is -0.123. The lowest BCUT2D eigenvalue weighted by Crippen LogP contribution is -2.29. The average Bonchev–Trinajstić information content (AvgIpc) is 2.50. The second kappa shape index (κ2) is 8.48. The molecule has 0 aliphatic heterocycles. The molecule has 0 spiro atoms. The summed E-state index contributed by atoms with van der Waals surface area (Å²) in [5.74, 6) is 2.11. The molecule has 0 saturated carbocycles. The van der Waals surface area contributed by atoms with Crippen molar-refractivity contribution in [2.24, 2.45) is 0 Å². The Morgan fingerprint density at radius 3 is 2.71 bits per heavy atom. The Bertz CT molecular complexity index is 547. The zero-order chi connectivity index (χ0) is 15.7. The van der Waals surface area contributed by atoms with Gasteiger partial charge in [0.05, 0.1) is 25.8 Å². The minimum atomic E-state index is -0.630. The fourth-order valence-electron chi connectivity index (χ4n) is 1.49. The van der Waals surface area contributed by atoms with Crippen molar-refractivity contribution in [1.29, 1.82) is 0 Å². The largest absolute Gasteiger partial charge is 0.493 e. The maximum Gasteiger partial charge on any atom is 0.338 e. The third-order valence-corrected chi connectivity index (χ3v) is 2.42. The fourth-order valence-corrected chi connectivity index (χ4v) is 1.49. The van der Waals surface area contributed by atoms with Crippen molar-refractivity contribution >= 4 is 11.9 Å². The summed E-state index contributed by atoms with van der Waals surface area (Å²) in [5, 5.41) is 2.39. The second-order valence-corrected chi connectivity index (χ2v) is 3.86. The van der Waals surface area contributed by atoms with E-state index >= 15 is 0 Å². The van der Waals surface area contributed by atoms with E-state index in [1.165, 1.54) is 19.2 Å². The standard InChI is InChI=1S/C15H17NO5/c1-4-8-16-14(17)10-21-15(18)11-6-7-12(19-3)13(9-11)20-5-2/h1,6-7,9H,5,8,10H2,2-3H3,(H,16,17). The van der Waals surface area contributed by atoms with Gasteiger partial charge in [-0.2, -0.15) is 0 Å². The number of nitrogens with one attached hydrogen (secondary N) is 1. The van der Waals surface area contributed by atoms with Crippen molar-refractivity contribution < 1.29 is 23.8 Å². The molecule has 0 radical (unpaired) electrons. The predicted octanol–water partition coefficient (Wildman–Crippen LogP) is 1.00. The Labute approximate surface area is 123 Å². The first-order valence-corrected chi connectivity index (χ1v) is 6.30. The van der Waals surface area contributed by atoms with Gasteiger partial charge in [-0.1, -0.05) is 5.92 Å². The number of benzene rings is 1. The van der Waals surface area contributed by atoms with E-state index in [0.29, 0.717) is 18.1 Å². The predicted molar refractivity (Wildman–Crippen MR) is 76.3 cm³/mol. The summed E-state index contributed by atoms with van der Waals surface area (Å²) in [6.07, 6.45) is 5.00. The molecule has 1 amide bonds. The molecule has 6 heteroatoms. The number of carbonyl (C=O) groups is 2. The molecule has 0 atom stereocenters. The highest BCUT2D eigenvalue weighted by atomic mass is 16.5. The maximum absolute atomic E-state index is 11.8. The zero-order valence-corrected chi connectivity index (χ0v) is 12.0. The van der Waals surface area contributed by atoms with Crippen LogP contribution < -0.4 is 14.8 Å². The van der Waals surface area contributed by atoms with Crippen LogP contribution >= 0.6 is 0 Å². The second-order valence-electron chi connectivity index (χ2n) is 3.86. The van der Waals surface area contributed by atoms with Crippen LogP contribution in [0.5, 0.6) is 11.5 Å². The Morgan fingerprint density at radius 1 is 1.33 bits per heavy atom. The van der Waals surface area contributed by atoms with E-state index in [1.807, 2.05) is 6.92 Å². The monoisotopic (exact) mass is 291 g/mol. The van der Waals surface area contributed by atoms with Crippen molar-refractivity contribution in [3.8, 4) is 23.8 Å². The topological polar surface area (TPSA) is 73.9 Å². The fraction of sp³-hybridized carbons (Fsp3) is 0.333. The number of terminal acetylenes is 1. The number of methoxy groups -OCH3 is 1. The molecular weight excluding hydrogens is 274 g/mol. The molecule has 0 bridgehead atoms. The number of hydrogen-bond acceptors (Lipinski definition) is 5. The third kappa shape index (κ3) is 5.07. The van der Waals surface area contributed by atoms with E-state index in [-0.39, 0.29) is 12.1 Å². The zero-order valence-electron chi connectivity index (χ0n) is 12.0. The third-order valence-electron chi connectivity index (χ3n) is 2.42. The number of ether oxygens (including phenoxy) is 3. The van der Waals surface area contributed by atoms with Crippen LogP contribution in [0.2, 0.25) is 0 Å². The lowest BCUT2D eigenvalue weighted by Gasteiger charge is -2.10.